The molecule has 0 aliphatic carbocycles. The van der Waals surface area contributed by atoms with Gasteiger partial charge in [0.15, 0.2) is 5.11 Å². The van der Waals surface area contributed by atoms with Gasteiger partial charge in [-0.2, -0.15) is 5.10 Å². The maximum atomic E-state index is 5.40. The molecule has 0 fully saturated rings. The molecule has 0 aromatic heterocycles. The highest BCUT2D eigenvalue weighted by Crippen LogP contribution is 2.25. The van der Waals surface area contributed by atoms with E-state index in [-0.39, 0.29) is 0 Å². The zero-order valence-corrected chi connectivity index (χ0v) is 16.6. The summed E-state index contributed by atoms with van der Waals surface area (Å²) in [6.45, 7) is 6.22. The molecule has 2 N–H and O–H groups in total. The van der Waals surface area contributed by atoms with Crippen LogP contribution in [-0.4, -0.2) is 25.0 Å². The van der Waals surface area contributed by atoms with Gasteiger partial charge in [0.1, 0.15) is 11.5 Å². The first-order chi connectivity index (χ1) is 12.4. The Bertz CT molecular complexity index is 786. The van der Waals surface area contributed by atoms with Crippen LogP contribution in [0.5, 0.6) is 11.5 Å². The molecule has 0 spiro atoms. The van der Waals surface area contributed by atoms with Gasteiger partial charge in [-0.05, 0) is 54.9 Å². The predicted octanol–water partition coefficient (Wildman–Crippen LogP) is 4.54. The van der Waals surface area contributed by atoms with Crippen molar-refractivity contribution < 1.29 is 9.47 Å². The summed E-state index contributed by atoms with van der Waals surface area (Å²) in [5, 5.41) is 7.89. The van der Waals surface area contributed by atoms with Gasteiger partial charge in [-0.15, -0.1) is 0 Å². The number of ether oxygens (including phenoxy) is 2. The lowest BCUT2D eigenvalue weighted by Crippen LogP contribution is -2.25. The monoisotopic (exact) mass is 371 g/mol. The molecule has 0 heterocycles. The van der Waals surface area contributed by atoms with Gasteiger partial charge in [0.2, 0.25) is 0 Å². The van der Waals surface area contributed by atoms with Gasteiger partial charge in [-0.3, -0.25) is 5.43 Å². The number of thiocarbonyl (C=S) groups is 1. The van der Waals surface area contributed by atoms with Crippen LogP contribution < -0.4 is 20.2 Å². The van der Waals surface area contributed by atoms with Crippen LogP contribution in [0.4, 0.5) is 5.69 Å². The molecule has 0 unspecified atom stereocenters. The molecular formula is C20H25N3O2S. The number of hydrazone groups is 1. The van der Waals surface area contributed by atoms with Crippen LogP contribution in [-0.2, 0) is 0 Å². The van der Waals surface area contributed by atoms with E-state index in [0.717, 1.165) is 22.7 Å². The van der Waals surface area contributed by atoms with E-state index in [1.54, 1.807) is 14.2 Å². The molecule has 26 heavy (non-hydrogen) atoms. The lowest BCUT2D eigenvalue weighted by atomic mass is 10.0. The molecule has 0 radical (unpaired) electrons. The number of rotatable bonds is 6. The summed E-state index contributed by atoms with van der Waals surface area (Å²) in [6, 6.07) is 13.8. The molecule has 138 valence electrons. The second-order valence-electron chi connectivity index (χ2n) is 6.11. The second kappa shape index (κ2) is 9.20. The molecular weight excluding hydrogens is 346 g/mol. The molecule has 2 rings (SSSR count). The minimum absolute atomic E-state index is 0.425. The first kappa shape index (κ1) is 19.7. The third kappa shape index (κ3) is 5.20. The molecule has 6 heteroatoms. The lowest BCUT2D eigenvalue weighted by molar-refractivity contribution is 0.394. The van der Waals surface area contributed by atoms with Crippen molar-refractivity contribution in [1.29, 1.82) is 0 Å². The average Bonchev–Trinajstić information content (AvgIpc) is 2.65. The molecule has 0 saturated carbocycles. The van der Waals surface area contributed by atoms with E-state index in [9.17, 15) is 0 Å². The Balaban J connectivity index is 2.03. The fraction of sp³-hybridized carbons (Fsp3) is 0.300. The fourth-order valence-corrected chi connectivity index (χ4v) is 2.57. The zero-order chi connectivity index (χ0) is 19.1. The van der Waals surface area contributed by atoms with Crippen LogP contribution in [0.1, 0.15) is 37.8 Å². The van der Waals surface area contributed by atoms with Crippen LogP contribution in [0.2, 0.25) is 0 Å². The van der Waals surface area contributed by atoms with E-state index in [4.69, 9.17) is 21.7 Å². The van der Waals surface area contributed by atoms with Gasteiger partial charge < -0.3 is 14.8 Å². The van der Waals surface area contributed by atoms with Crippen molar-refractivity contribution in [2.45, 2.75) is 26.7 Å². The molecule has 5 nitrogen and oxygen atoms in total. The molecule has 0 atom stereocenters. The topological polar surface area (TPSA) is 54.9 Å². The van der Waals surface area contributed by atoms with E-state index in [1.165, 1.54) is 5.56 Å². The van der Waals surface area contributed by atoms with Crippen LogP contribution in [0.15, 0.2) is 47.6 Å². The van der Waals surface area contributed by atoms with Crippen molar-refractivity contribution >= 4 is 28.7 Å². The SMILES string of the molecule is COc1ccc(/C(C)=N\NC(=S)Nc2ccc(C(C)C)cc2)c(OC)c1. The standard InChI is InChI=1S/C20H25N3O2S/c1-13(2)15-6-8-16(9-7-15)21-20(26)23-22-14(3)18-11-10-17(24-4)12-19(18)25-5/h6-13H,1-5H3,(H2,21,23,26)/b22-14-. The number of anilines is 1. The number of benzene rings is 2. The molecule has 2 aromatic carbocycles. The normalized spacial score (nSPS) is 11.2. The Hall–Kier alpha value is -2.60. The first-order valence-electron chi connectivity index (χ1n) is 8.38. The molecule has 0 aliphatic rings. The summed E-state index contributed by atoms with van der Waals surface area (Å²) in [6.07, 6.45) is 0. The number of nitrogens with zero attached hydrogens (tertiary/aromatic N) is 1. The Kier molecular flexibility index (Phi) is 6.97. The maximum Gasteiger partial charge on any atom is 0.191 e. The fourth-order valence-electron chi connectivity index (χ4n) is 2.40. The van der Waals surface area contributed by atoms with Crippen LogP contribution in [0, 0.1) is 0 Å². The summed E-state index contributed by atoms with van der Waals surface area (Å²) in [7, 11) is 3.24. The van der Waals surface area contributed by atoms with E-state index < -0.39 is 0 Å². The van der Waals surface area contributed by atoms with Gasteiger partial charge in [-0.1, -0.05) is 26.0 Å². The molecule has 0 bridgehead atoms. The minimum atomic E-state index is 0.425. The Morgan fingerprint density at radius 1 is 1.04 bits per heavy atom. The molecule has 0 amide bonds. The number of nitrogens with one attached hydrogen (secondary N) is 2. The quantitative estimate of drug-likeness (QED) is 0.444. The highest BCUT2D eigenvalue weighted by Gasteiger charge is 2.08. The van der Waals surface area contributed by atoms with Gasteiger partial charge in [0.05, 0.1) is 19.9 Å². The van der Waals surface area contributed by atoms with Crippen molar-refractivity contribution in [1.82, 2.24) is 5.43 Å². The second-order valence-corrected chi connectivity index (χ2v) is 6.51. The van der Waals surface area contributed by atoms with Crippen molar-refractivity contribution in [3.05, 3.63) is 53.6 Å². The van der Waals surface area contributed by atoms with Gasteiger partial charge in [-0.25, -0.2) is 0 Å². The third-order valence-electron chi connectivity index (χ3n) is 3.96. The first-order valence-corrected chi connectivity index (χ1v) is 8.79. The van der Waals surface area contributed by atoms with E-state index in [2.05, 4.69) is 41.8 Å². The molecule has 0 saturated heterocycles. The maximum absolute atomic E-state index is 5.40. The van der Waals surface area contributed by atoms with Gasteiger partial charge in [0, 0.05) is 17.3 Å². The van der Waals surface area contributed by atoms with Crippen molar-refractivity contribution in [2.24, 2.45) is 5.10 Å². The predicted molar refractivity (Wildman–Crippen MR) is 112 cm³/mol. The highest BCUT2D eigenvalue weighted by molar-refractivity contribution is 7.80. The number of methoxy groups -OCH3 is 2. The zero-order valence-electron chi connectivity index (χ0n) is 15.8. The van der Waals surface area contributed by atoms with Crippen molar-refractivity contribution in [2.75, 3.05) is 19.5 Å². The van der Waals surface area contributed by atoms with Crippen LogP contribution >= 0.6 is 12.2 Å². The lowest BCUT2D eigenvalue weighted by Gasteiger charge is -2.12. The third-order valence-corrected chi connectivity index (χ3v) is 4.15. The Labute approximate surface area is 160 Å². The summed E-state index contributed by atoms with van der Waals surface area (Å²) < 4.78 is 10.6. The number of hydrogen-bond donors (Lipinski definition) is 2. The van der Waals surface area contributed by atoms with Crippen molar-refractivity contribution in [3.63, 3.8) is 0 Å². The Morgan fingerprint density at radius 2 is 1.73 bits per heavy atom. The Morgan fingerprint density at radius 3 is 2.31 bits per heavy atom. The number of hydrogen-bond acceptors (Lipinski definition) is 4. The van der Waals surface area contributed by atoms with Crippen molar-refractivity contribution in [3.8, 4) is 11.5 Å². The minimum Gasteiger partial charge on any atom is -0.497 e. The van der Waals surface area contributed by atoms with Crippen LogP contribution in [0.3, 0.4) is 0 Å². The summed E-state index contributed by atoms with van der Waals surface area (Å²) in [5.74, 6) is 1.92. The summed E-state index contributed by atoms with van der Waals surface area (Å²) in [4.78, 5) is 0. The largest absolute Gasteiger partial charge is 0.497 e. The smallest absolute Gasteiger partial charge is 0.191 e. The van der Waals surface area contributed by atoms with Gasteiger partial charge in [0.25, 0.3) is 0 Å². The summed E-state index contributed by atoms with van der Waals surface area (Å²) in [5.41, 5.74) is 6.69. The van der Waals surface area contributed by atoms with E-state index in [1.807, 2.05) is 37.3 Å². The summed E-state index contributed by atoms with van der Waals surface area (Å²) >= 11 is 5.31. The van der Waals surface area contributed by atoms with E-state index >= 15 is 0 Å². The molecule has 0 aliphatic heterocycles. The van der Waals surface area contributed by atoms with Gasteiger partial charge >= 0.3 is 0 Å². The average molecular weight is 372 g/mol. The highest BCUT2D eigenvalue weighted by atomic mass is 32.1. The van der Waals surface area contributed by atoms with Crippen LogP contribution in [0.25, 0.3) is 0 Å². The van der Waals surface area contributed by atoms with E-state index in [0.29, 0.717) is 16.8 Å². The molecule has 2 aromatic rings.